The van der Waals surface area contributed by atoms with E-state index in [2.05, 4.69) is 4.99 Å². The Kier molecular flexibility index (Phi) is 5.12. The van der Waals surface area contributed by atoms with Crippen LogP contribution in [0.15, 0.2) is 28.4 Å². The van der Waals surface area contributed by atoms with Gasteiger partial charge >= 0.3 is 7.25 Å². The van der Waals surface area contributed by atoms with Gasteiger partial charge in [-0.15, -0.1) is 0 Å². The van der Waals surface area contributed by atoms with E-state index in [0.717, 1.165) is 33.9 Å². The van der Waals surface area contributed by atoms with Gasteiger partial charge in [-0.1, -0.05) is 0 Å². The Morgan fingerprint density at radius 3 is 2.17 bits per heavy atom. The van der Waals surface area contributed by atoms with Gasteiger partial charge < -0.3 is 13.8 Å². The van der Waals surface area contributed by atoms with Crippen molar-refractivity contribution in [2.45, 2.75) is 41.5 Å². The first kappa shape index (κ1) is 17.8. The van der Waals surface area contributed by atoms with Crippen molar-refractivity contribution in [3.05, 3.63) is 40.4 Å². The number of carbonyl (C=O) groups excluding carboxylic acids is 2. The van der Waals surface area contributed by atoms with Gasteiger partial charge in [-0.2, -0.15) is 0 Å². The zero-order valence-electron chi connectivity index (χ0n) is 14.8. The number of hydrogen-bond acceptors (Lipinski definition) is 5. The molecular weight excluding hydrogens is 307 g/mol. The van der Waals surface area contributed by atoms with Crippen LogP contribution in [-0.2, 0) is 18.9 Å². The molecular formula is C17H21BN2O4. The first-order valence-corrected chi connectivity index (χ1v) is 7.67. The van der Waals surface area contributed by atoms with E-state index in [4.69, 9.17) is 9.31 Å². The van der Waals surface area contributed by atoms with Crippen molar-refractivity contribution < 1.29 is 18.9 Å². The molecule has 0 saturated heterocycles. The van der Waals surface area contributed by atoms with Crippen LogP contribution in [0.4, 0.5) is 0 Å². The van der Waals surface area contributed by atoms with Crippen LogP contribution in [0.5, 0.6) is 0 Å². The molecule has 0 unspecified atom stereocenters. The summed E-state index contributed by atoms with van der Waals surface area (Å²) in [5.41, 5.74) is 5.38. The Bertz CT molecular complexity index is 771. The maximum atomic E-state index is 11.4. The summed E-state index contributed by atoms with van der Waals surface area (Å²) in [5, 5.41) is 0. The lowest BCUT2D eigenvalue weighted by molar-refractivity contribution is -0.138. The summed E-state index contributed by atoms with van der Waals surface area (Å²) in [4.78, 5) is 27.3. The lowest BCUT2D eigenvalue weighted by atomic mass is 10.1. The molecule has 0 spiro atoms. The normalized spacial score (nSPS) is 15.2. The average molecular weight is 328 g/mol. The smallest absolute Gasteiger partial charge is 0.480 e. The molecule has 0 N–H and O–H groups in total. The molecule has 0 aliphatic carbocycles. The van der Waals surface area contributed by atoms with E-state index in [9.17, 15) is 9.59 Å². The molecule has 7 heteroatoms. The van der Waals surface area contributed by atoms with Crippen LogP contribution in [0.2, 0.25) is 0 Å². The molecule has 0 saturated carbocycles. The fraction of sp³-hybridized carbons (Fsp3) is 0.353. The Balaban J connectivity index is 2.54. The number of carbonyl (C=O) groups is 2. The van der Waals surface area contributed by atoms with Crippen LogP contribution in [0.25, 0.3) is 6.08 Å². The molecule has 0 atom stereocenters. The second-order valence-electron chi connectivity index (χ2n) is 5.86. The van der Waals surface area contributed by atoms with E-state index in [1.807, 2.05) is 45.9 Å². The fourth-order valence-electron chi connectivity index (χ4n) is 2.69. The topological polar surface area (TPSA) is 69.9 Å². The molecule has 0 fully saturated rings. The molecule has 1 aromatic heterocycles. The minimum absolute atomic E-state index is 0.531. The molecule has 6 nitrogen and oxygen atoms in total. The van der Waals surface area contributed by atoms with E-state index in [0.29, 0.717) is 0 Å². The van der Waals surface area contributed by atoms with Gasteiger partial charge in [0.25, 0.3) is 11.9 Å². The molecule has 0 bridgehead atoms. The zero-order chi connectivity index (χ0) is 18.0. The highest BCUT2D eigenvalue weighted by molar-refractivity contribution is 6.47. The number of allylic oxidation sites excluding steroid dienone is 2. The van der Waals surface area contributed by atoms with Crippen molar-refractivity contribution in [3.8, 4) is 0 Å². The molecule has 126 valence electrons. The first-order chi connectivity index (χ1) is 11.2. The van der Waals surface area contributed by atoms with E-state index < -0.39 is 19.2 Å². The highest BCUT2D eigenvalue weighted by Gasteiger charge is 2.33. The fourth-order valence-corrected chi connectivity index (χ4v) is 2.69. The van der Waals surface area contributed by atoms with Gasteiger partial charge in [-0.05, 0) is 57.0 Å². The van der Waals surface area contributed by atoms with Gasteiger partial charge in [0.05, 0.1) is 5.70 Å². The van der Waals surface area contributed by atoms with Crippen molar-refractivity contribution >= 4 is 31.0 Å². The minimum atomic E-state index is -1.14. The summed E-state index contributed by atoms with van der Waals surface area (Å²) in [7, 11) is -1.14. The summed E-state index contributed by atoms with van der Waals surface area (Å²) in [6, 6.07) is 1.94. The van der Waals surface area contributed by atoms with Crippen LogP contribution in [0.1, 0.15) is 44.6 Å². The van der Waals surface area contributed by atoms with Crippen LogP contribution in [0.3, 0.4) is 0 Å². The molecule has 2 rings (SSSR count). The average Bonchev–Trinajstić information content (AvgIpc) is 2.88. The van der Waals surface area contributed by atoms with Gasteiger partial charge in [0.15, 0.2) is 0 Å². The highest BCUT2D eigenvalue weighted by Crippen LogP contribution is 2.25. The minimum Gasteiger partial charge on any atom is -0.480 e. The Hall–Kier alpha value is -2.57. The summed E-state index contributed by atoms with van der Waals surface area (Å²) in [6.45, 7) is 10.3. The second kappa shape index (κ2) is 6.90. The maximum absolute atomic E-state index is 11.4. The molecule has 1 aromatic rings. The monoisotopic (exact) mass is 328 g/mol. The lowest BCUT2D eigenvalue weighted by Crippen LogP contribution is -2.37. The number of nitrogens with zero attached hydrogens (tertiary/aromatic N) is 2. The predicted molar refractivity (Wildman–Crippen MR) is 93.4 cm³/mol. The number of aliphatic imine (C=N–C) groups is 1. The molecule has 0 radical (unpaired) electrons. The second-order valence-corrected chi connectivity index (χ2v) is 5.86. The van der Waals surface area contributed by atoms with Gasteiger partial charge in [-0.25, -0.2) is 0 Å². The van der Waals surface area contributed by atoms with E-state index in [1.54, 1.807) is 4.48 Å². The number of aromatic nitrogens is 1. The Morgan fingerprint density at radius 1 is 1.12 bits per heavy atom. The number of aryl methyl sites for hydroxylation is 2. The Morgan fingerprint density at radius 2 is 1.71 bits per heavy atom. The quantitative estimate of drug-likeness (QED) is 0.797. The Labute approximate surface area is 142 Å². The highest BCUT2D eigenvalue weighted by atomic mass is 16.6. The standard InChI is InChI=1S/C17H21BN2O4/c1-10-7-12(3)19-16(10)9-17-11(2)8-13(4)20(17)18(23-14(5)21)24-15(6)22/h7-9H,1-6H3/b16-9-. The molecule has 1 aliphatic heterocycles. The molecule has 2 heterocycles. The summed E-state index contributed by atoms with van der Waals surface area (Å²) in [6.07, 6.45) is 3.90. The van der Waals surface area contributed by atoms with Crippen molar-refractivity contribution in [1.82, 2.24) is 4.48 Å². The van der Waals surface area contributed by atoms with E-state index in [-0.39, 0.29) is 0 Å². The van der Waals surface area contributed by atoms with Crippen LogP contribution in [-0.4, -0.2) is 29.4 Å². The molecule has 24 heavy (non-hydrogen) atoms. The van der Waals surface area contributed by atoms with Gasteiger partial charge in [-0.3, -0.25) is 14.6 Å². The number of rotatable bonds is 4. The first-order valence-electron chi connectivity index (χ1n) is 7.67. The summed E-state index contributed by atoms with van der Waals surface area (Å²) >= 11 is 0. The van der Waals surface area contributed by atoms with Gasteiger partial charge in [0.2, 0.25) is 0 Å². The molecule has 0 amide bonds. The third-order valence-corrected chi connectivity index (χ3v) is 3.61. The zero-order valence-corrected chi connectivity index (χ0v) is 14.8. The van der Waals surface area contributed by atoms with Crippen molar-refractivity contribution in [2.75, 3.05) is 0 Å². The molecule has 0 aromatic carbocycles. The largest absolute Gasteiger partial charge is 0.746 e. The van der Waals surface area contributed by atoms with Crippen LogP contribution in [0, 0.1) is 13.8 Å². The summed E-state index contributed by atoms with van der Waals surface area (Å²) < 4.78 is 12.1. The third-order valence-electron chi connectivity index (χ3n) is 3.61. The lowest BCUT2D eigenvalue weighted by Gasteiger charge is -2.16. The maximum Gasteiger partial charge on any atom is 0.746 e. The van der Waals surface area contributed by atoms with Crippen molar-refractivity contribution in [3.63, 3.8) is 0 Å². The van der Waals surface area contributed by atoms with Gasteiger partial charge in [0.1, 0.15) is 0 Å². The van der Waals surface area contributed by atoms with E-state index >= 15 is 0 Å². The predicted octanol–water partition coefficient (Wildman–Crippen LogP) is 2.83. The van der Waals surface area contributed by atoms with Crippen LogP contribution >= 0.6 is 0 Å². The number of hydrogen-bond donors (Lipinski definition) is 0. The van der Waals surface area contributed by atoms with E-state index in [1.165, 1.54) is 13.8 Å². The van der Waals surface area contributed by atoms with Gasteiger partial charge in [0, 0.05) is 30.9 Å². The van der Waals surface area contributed by atoms with Crippen LogP contribution < -0.4 is 0 Å². The SMILES string of the molecule is CC(=O)OB(OC(C)=O)n1c(C)cc(C)c1/C=C1\N=C(C)C=C1C. The molecule has 1 aliphatic rings. The van der Waals surface area contributed by atoms with Crippen molar-refractivity contribution in [1.29, 1.82) is 0 Å². The third kappa shape index (κ3) is 3.85. The van der Waals surface area contributed by atoms with Crippen molar-refractivity contribution in [2.24, 2.45) is 4.99 Å². The summed E-state index contributed by atoms with van der Waals surface area (Å²) in [5.74, 6) is -1.06.